The molecule has 9 aromatic rings. The minimum absolute atomic E-state index is 0.292. The van der Waals surface area contributed by atoms with Crippen molar-refractivity contribution in [1.29, 1.82) is 0 Å². The van der Waals surface area contributed by atoms with Crippen LogP contribution in [0.25, 0.3) is 43.4 Å². The Bertz CT molecular complexity index is 3030. The van der Waals surface area contributed by atoms with Gasteiger partial charge in [-0.1, -0.05) is 157 Å². The second kappa shape index (κ2) is 14.3. The van der Waals surface area contributed by atoms with Crippen LogP contribution in [0.2, 0.25) is 0 Å². The number of fused-ring (bicyclic) bond motifs is 10. The number of hydrogen-bond acceptors (Lipinski definition) is 2. The van der Waals surface area contributed by atoms with E-state index in [1.807, 2.05) is 0 Å². The number of anilines is 6. The van der Waals surface area contributed by atoms with Gasteiger partial charge in [-0.2, -0.15) is 0 Å². The quantitative estimate of drug-likeness (QED) is 0.142. The standard InChI is InChI=1S/C57H50N2/c1-37(2)39-19-17-25-43(33-39)58(41-21-9-7-10-22-41)45-31-32-50-51(35-45)46-27-13-15-29-48(46)55-54-49-30-16-14-28-47(49)53(36-52(54)57(5,6)56(50)55)59(42-23-11-8-12-24-42)44-26-18-20-40(34-44)38(3)4/h7-38H,1-6H3. The van der Waals surface area contributed by atoms with Crippen LogP contribution < -0.4 is 9.80 Å². The summed E-state index contributed by atoms with van der Waals surface area (Å²) in [5.74, 6) is 0.853. The summed E-state index contributed by atoms with van der Waals surface area (Å²) < 4.78 is 0. The fourth-order valence-electron chi connectivity index (χ4n) is 9.74. The van der Waals surface area contributed by atoms with Gasteiger partial charge < -0.3 is 9.80 Å². The molecule has 0 heterocycles. The van der Waals surface area contributed by atoms with E-state index >= 15 is 0 Å². The van der Waals surface area contributed by atoms with Crippen molar-refractivity contribution in [3.05, 3.63) is 204 Å². The molecule has 0 radical (unpaired) electrons. The van der Waals surface area contributed by atoms with E-state index in [0.717, 1.165) is 17.1 Å². The number of nitrogens with zero attached hydrogens (tertiary/aromatic N) is 2. The molecule has 2 nitrogen and oxygen atoms in total. The molecule has 0 saturated carbocycles. The lowest BCUT2D eigenvalue weighted by Gasteiger charge is -2.30. The van der Waals surface area contributed by atoms with E-state index < -0.39 is 0 Å². The molecule has 0 fully saturated rings. The summed E-state index contributed by atoms with van der Waals surface area (Å²) in [6.45, 7) is 14.0. The summed E-state index contributed by atoms with van der Waals surface area (Å²) in [6.07, 6.45) is 0. The van der Waals surface area contributed by atoms with Crippen LogP contribution in [-0.2, 0) is 5.41 Å². The Morgan fingerprint density at radius 1 is 0.356 bits per heavy atom. The zero-order chi connectivity index (χ0) is 40.4. The molecular weight excluding hydrogens is 713 g/mol. The van der Waals surface area contributed by atoms with E-state index in [4.69, 9.17) is 0 Å². The van der Waals surface area contributed by atoms with Crippen molar-refractivity contribution in [3.8, 4) is 11.1 Å². The first kappa shape index (κ1) is 36.7. The maximum atomic E-state index is 2.51. The fraction of sp³-hybridized carbons (Fsp3) is 0.158. The van der Waals surface area contributed by atoms with Crippen LogP contribution >= 0.6 is 0 Å². The molecule has 0 N–H and O–H groups in total. The average molecular weight is 763 g/mol. The van der Waals surface area contributed by atoms with Gasteiger partial charge in [-0.25, -0.2) is 0 Å². The highest BCUT2D eigenvalue weighted by molar-refractivity contribution is 6.23. The molecule has 9 aromatic carbocycles. The first-order chi connectivity index (χ1) is 28.7. The maximum Gasteiger partial charge on any atom is 0.0543 e. The van der Waals surface area contributed by atoms with E-state index in [1.165, 1.54) is 82.8 Å². The van der Waals surface area contributed by atoms with Gasteiger partial charge in [-0.3, -0.25) is 0 Å². The second-order valence-electron chi connectivity index (χ2n) is 17.4. The number of rotatable bonds is 8. The number of hydrogen-bond donors (Lipinski definition) is 0. The summed E-state index contributed by atoms with van der Waals surface area (Å²) in [6, 6.07) is 67.7. The summed E-state index contributed by atoms with van der Waals surface area (Å²) in [5, 5.41) is 7.70. The minimum Gasteiger partial charge on any atom is -0.310 e. The van der Waals surface area contributed by atoms with Crippen molar-refractivity contribution >= 4 is 66.4 Å². The Morgan fingerprint density at radius 3 is 1.42 bits per heavy atom. The fourth-order valence-corrected chi connectivity index (χ4v) is 9.74. The zero-order valence-corrected chi connectivity index (χ0v) is 34.9. The predicted octanol–water partition coefficient (Wildman–Crippen LogP) is 16.6. The predicted molar refractivity (Wildman–Crippen MR) is 254 cm³/mol. The normalized spacial score (nSPS) is 13.0. The van der Waals surface area contributed by atoms with E-state index in [9.17, 15) is 0 Å². The van der Waals surface area contributed by atoms with Crippen LogP contribution in [0, 0.1) is 0 Å². The molecule has 1 aliphatic carbocycles. The van der Waals surface area contributed by atoms with Gasteiger partial charge in [0.15, 0.2) is 0 Å². The van der Waals surface area contributed by atoms with Gasteiger partial charge in [0.05, 0.1) is 5.69 Å². The maximum absolute atomic E-state index is 2.51. The SMILES string of the molecule is CC(C)c1cccc(N(c2ccccc2)c2ccc3c4c(c5ccccc5c3c2)-c2c(cc(N(c3ccccc3)c3cccc(C(C)C)c3)c3ccccc23)C4(C)C)c1. The van der Waals surface area contributed by atoms with Gasteiger partial charge in [0.2, 0.25) is 0 Å². The van der Waals surface area contributed by atoms with Crippen LogP contribution in [0.15, 0.2) is 182 Å². The molecule has 59 heavy (non-hydrogen) atoms. The highest BCUT2D eigenvalue weighted by atomic mass is 15.1. The number of para-hydroxylation sites is 2. The van der Waals surface area contributed by atoms with Crippen molar-refractivity contribution in [2.24, 2.45) is 0 Å². The number of benzene rings is 9. The third-order valence-corrected chi connectivity index (χ3v) is 12.7. The lowest BCUT2D eigenvalue weighted by atomic mass is 9.79. The minimum atomic E-state index is -0.292. The molecular formula is C57H50N2. The molecule has 0 aromatic heterocycles. The highest BCUT2D eigenvalue weighted by Crippen LogP contribution is 2.59. The van der Waals surface area contributed by atoms with Crippen molar-refractivity contribution in [2.75, 3.05) is 9.80 Å². The van der Waals surface area contributed by atoms with Crippen molar-refractivity contribution in [1.82, 2.24) is 0 Å². The van der Waals surface area contributed by atoms with E-state index in [1.54, 1.807) is 0 Å². The summed E-state index contributed by atoms with van der Waals surface area (Å²) in [4.78, 5) is 4.89. The third-order valence-electron chi connectivity index (χ3n) is 12.7. The van der Waals surface area contributed by atoms with Crippen LogP contribution in [0.1, 0.15) is 75.6 Å². The van der Waals surface area contributed by atoms with Crippen LogP contribution in [-0.4, -0.2) is 0 Å². The smallest absolute Gasteiger partial charge is 0.0543 e. The molecule has 10 rings (SSSR count). The highest BCUT2D eigenvalue weighted by Gasteiger charge is 2.40. The van der Waals surface area contributed by atoms with Gasteiger partial charge in [-0.05, 0) is 139 Å². The zero-order valence-electron chi connectivity index (χ0n) is 34.9. The van der Waals surface area contributed by atoms with E-state index in [2.05, 4.69) is 233 Å². The molecule has 0 spiro atoms. The largest absolute Gasteiger partial charge is 0.310 e. The second-order valence-corrected chi connectivity index (χ2v) is 17.4. The molecule has 0 saturated heterocycles. The molecule has 0 unspecified atom stereocenters. The van der Waals surface area contributed by atoms with E-state index in [0.29, 0.717) is 11.8 Å². The van der Waals surface area contributed by atoms with Crippen LogP contribution in [0.3, 0.4) is 0 Å². The Hall–Kier alpha value is -6.64. The Labute approximate surface area is 349 Å². The van der Waals surface area contributed by atoms with E-state index in [-0.39, 0.29) is 5.41 Å². The molecule has 0 bridgehead atoms. The summed E-state index contributed by atoms with van der Waals surface area (Å²) in [5.41, 5.74) is 14.8. The molecule has 2 heteroatoms. The lowest BCUT2D eigenvalue weighted by molar-refractivity contribution is 0.667. The first-order valence-electron chi connectivity index (χ1n) is 21.2. The lowest BCUT2D eigenvalue weighted by Crippen LogP contribution is -2.17. The average Bonchev–Trinajstić information content (AvgIpc) is 3.51. The van der Waals surface area contributed by atoms with Crippen LogP contribution in [0.5, 0.6) is 0 Å². The van der Waals surface area contributed by atoms with Crippen LogP contribution in [0.4, 0.5) is 34.1 Å². The van der Waals surface area contributed by atoms with Crippen molar-refractivity contribution in [2.45, 2.75) is 58.8 Å². The van der Waals surface area contributed by atoms with Gasteiger partial charge in [0.25, 0.3) is 0 Å². The Morgan fingerprint density at radius 2 is 0.831 bits per heavy atom. The van der Waals surface area contributed by atoms with Crippen molar-refractivity contribution in [3.63, 3.8) is 0 Å². The summed E-state index contributed by atoms with van der Waals surface area (Å²) in [7, 11) is 0. The molecule has 0 aliphatic heterocycles. The molecule has 288 valence electrons. The van der Waals surface area contributed by atoms with Gasteiger partial charge in [0.1, 0.15) is 0 Å². The third kappa shape index (κ3) is 6.00. The van der Waals surface area contributed by atoms with Gasteiger partial charge >= 0.3 is 0 Å². The Kier molecular flexibility index (Phi) is 8.91. The topological polar surface area (TPSA) is 6.48 Å². The monoisotopic (exact) mass is 762 g/mol. The molecule has 1 aliphatic rings. The molecule has 0 atom stereocenters. The van der Waals surface area contributed by atoms with Crippen molar-refractivity contribution < 1.29 is 0 Å². The first-order valence-corrected chi connectivity index (χ1v) is 21.2. The Balaban J connectivity index is 1.24. The molecule has 0 amide bonds. The summed E-state index contributed by atoms with van der Waals surface area (Å²) >= 11 is 0. The van der Waals surface area contributed by atoms with Gasteiger partial charge in [-0.15, -0.1) is 0 Å². The van der Waals surface area contributed by atoms with Gasteiger partial charge in [0, 0.05) is 39.2 Å².